The predicted molar refractivity (Wildman–Crippen MR) is 130 cm³/mol. The standard InChI is InChI=1S/C25H42ClN5O/c1-4-19(17-26)11-9-10-12-20(5-2)21-13-7-6-8-14-22(16-15-21)23-28-25(32-31-23)24-27-18(3)29-30-24/h19-22H,4-17H2,1-3H3,(H,27,29,30). The Morgan fingerprint density at radius 3 is 2.53 bits per heavy atom. The first-order valence-corrected chi connectivity index (χ1v) is 13.5. The lowest BCUT2D eigenvalue weighted by Gasteiger charge is -2.27. The average Bonchev–Trinajstić information content (AvgIpc) is 3.47. The van der Waals surface area contributed by atoms with Crippen LogP contribution in [0.15, 0.2) is 4.52 Å². The Hall–Kier alpha value is -1.43. The second-order valence-electron chi connectivity index (χ2n) is 9.76. The van der Waals surface area contributed by atoms with Gasteiger partial charge in [0.2, 0.25) is 5.82 Å². The second-order valence-corrected chi connectivity index (χ2v) is 10.1. The van der Waals surface area contributed by atoms with E-state index < -0.39 is 0 Å². The summed E-state index contributed by atoms with van der Waals surface area (Å²) in [5.74, 6) is 6.04. The van der Waals surface area contributed by atoms with Gasteiger partial charge in [0.15, 0.2) is 5.82 Å². The minimum Gasteiger partial charge on any atom is -0.330 e. The van der Waals surface area contributed by atoms with E-state index in [0.717, 1.165) is 42.2 Å². The summed E-state index contributed by atoms with van der Waals surface area (Å²) in [4.78, 5) is 8.99. The van der Waals surface area contributed by atoms with E-state index in [1.165, 1.54) is 70.6 Å². The number of aromatic amines is 1. The molecule has 1 aliphatic carbocycles. The SMILES string of the molecule is CCC(CCl)CCCCC(CC)C1CCCCCC(c2noc(-c3n[nH]c(C)n3)n2)CC1. The van der Waals surface area contributed by atoms with Crippen molar-refractivity contribution in [3.63, 3.8) is 0 Å². The van der Waals surface area contributed by atoms with Crippen LogP contribution < -0.4 is 0 Å². The van der Waals surface area contributed by atoms with Gasteiger partial charge >= 0.3 is 0 Å². The Labute approximate surface area is 198 Å². The molecule has 2 aromatic rings. The Kier molecular flexibility index (Phi) is 10.5. The van der Waals surface area contributed by atoms with E-state index in [0.29, 0.717) is 23.6 Å². The number of hydrogen-bond acceptors (Lipinski definition) is 5. The summed E-state index contributed by atoms with van der Waals surface area (Å²) in [6.07, 6.45) is 16.7. The zero-order chi connectivity index (χ0) is 22.8. The summed E-state index contributed by atoms with van der Waals surface area (Å²) in [6.45, 7) is 6.51. The second kappa shape index (κ2) is 13.3. The van der Waals surface area contributed by atoms with E-state index in [1.54, 1.807) is 0 Å². The fourth-order valence-corrected chi connectivity index (χ4v) is 5.71. The van der Waals surface area contributed by atoms with E-state index in [4.69, 9.17) is 16.1 Å². The van der Waals surface area contributed by atoms with Crippen molar-refractivity contribution in [1.29, 1.82) is 0 Å². The van der Waals surface area contributed by atoms with Gasteiger partial charge in [-0.3, -0.25) is 5.10 Å². The molecule has 2 heterocycles. The van der Waals surface area contributed by atoms with Crippen molar-refractivity contribution in [1.82, 2.24) is 25.3 Å². The minimum absolute atomic E-state index is 0.375. The number of nitrogens with one attached hydrogen (secondary N) is 1. The van der Waals surface area contributed by atoms with Gasteiger partial charge in [-0.2, -0.15) is 4.98 Å². The smallest absolute Gasteiger partial charge is 0.297 e. The number of alkyl halides is 1. The van der Waals surface area contributed by atoms with Gasteiger partial charge in [-0.05, 0) is 50.4 Å². The number of aryl methyl sites for hydroxylation is 1. The van der Waals surface area contributed by atoms with Crippen molar-refractivity contribution in [2.45, 2.75) is 110 Å². The van der Waals surface area contributed by atoms with Gasteiger partial charge in [0, 0.05) is 11.8 Å². The van der Waals surface area contributed by atoms with Crippen LogP contribution in [0, 0.1) is 24.7 Å². The lowest BCUT2D eigenvalue weighted by atomic mass is 9.79. The van der Waals surface area contributed by atoms with Crippen molar-refractivity contribution >= 4 is 11.6 Å². The molecule has 2 aromatic heterocycles. The third-order valence-electron chi connectivity index (χ3n) is 7.53. The van der Waals surface area contributed by atoms with Crippen LogP contribution in [-0.2, 0) is 0 Å². The largest absolute Gasteiger partial charge is 0.330 e. The van der Waals surface area contributed by atoms with Gasteiger partial charge in [0.05, 0.1) is 0 Å². The Morgan fingerprint density at radius 1 is 1.00 bits per heavy atom. The number of unbranched alkanes of at least 4 members (excludes halogenated alkanes) is 1. The topological polar surface area (TPSA) is 80.5 Å². The zero-order valence-corrected chi connectivity index (χ0v) is 21.0. The summed E-state index contributed by atoms with van der Waals surface area (Å²) < 4.78 is 5.50. The van der Waals surface area contributed by atoms with Crippen LogP contribution in [0.5, 0.6) is 0 Å². The highest BCUT2D eigenvalue weighted by Gasteiger charge is 2.26. The van der Waals surface area contributed by atoms with Crippen molar-refractivity contribution in [2.75, 3.05) is 5.88 Å². The average molecular weight is 464 g/mol. The van der Waals surface area contributed by atoms with Crippen LogP contribution in [0.25, 0.3) is 11.7 Å². The third-order valence-corrected chi connectivity index (χ3v) is 7.97. The van der Waals surface area contributed by atoms with Gasteiger partial charge < -0.3 is 4.52 Å². The van der Waals surface area contributed by atoms with Crippen LogP contribution in [0.1, 0.15) is 115 Å². The van der Waals surface area contributed by atoms with Gasteiger partial charge in [0.1, 0.15) is 5.82 Å². The summed E-state index contributed by atoms with van der Waals surface area (Å²) in [7, 11) is 0. The molecule has 1 saturated carbocycles. The summed E-state index contributed by atoms with van der Waals surface area (Å²) in [5.41, 5.74) is 0. The Bertz CT molecular complexity index is 772. The van der Waals surface area contributed by atoms with Crippen LogP contribution in [0.3, 0.4) is 0 Å². The molecule has 180 valence electrons. The minimum atomic E-state index is 0.375. The molecule has 0 saturated heterocycles. The third kappa shape index (κ3) is 7.29. The lowest BCUT2D eigenvalue weighted by molar-refractivity contribution is 0.249. The zero-order valence-electron chi connectivity index (χ0n) is 20.3. The summed E-state index contributed by atoms with van der Waals surface area (Å²) in [6, 6.07) is 0. The molecule has 1 aliphatic rings. The van der Waals surface area contributed by atoms with Crippen LogP contribution in [-0.4, -0.2) is 31.2 Å². The summed E-state index contributed by atoms with van der Waals surface area (Å²) >= 11 is 6.08. The number of rotatable bonds is 11. The highest BCUT2D eigenvalue weighted by molar-refractivity contribution is 6.18. The monoisotopic (exact) mass is 463 g/mol. The molecule has 3 rings (SSSR count). The molecule has 0 spiro atoms. The van der Waals surface area contributed by atoms with E-state index in [9.17, 15) is 0 Å². The molecule has 4 atom stereocenters. The molecule has 4 unspecified atom stereocenters. The number of hydrogen-bond donors (Lipinski definition) is 1. The quantitative estimate of drug-likeness (QED) is 0.276. The molecule has 1 fully saturated rings. The van der Waals surface area contributed by atoms with E-state index in [1.807, 2.05) is 6.92 Å². The van der Waals surface area contributed by atoms with Gasteiger partial charge in [0.25, 0.3) is 5.89 Å². The van der Waals surface area contributed by atoms with Crippen molar-refractivity contribution in [3.05, 3.63) is 11.6 Å². The maximum atomic E-state index is 6.08. The number of halogens is 1. The van der Waals surface area contributed by atoms with E-state index in [-0.39, 0.29) is 0 Å². The fourth-order valence-electron chi connectivity index (χ4n) is 5.34. The molecular formula is C25H42ClN5O. The van der Waals surface area contributed by atoms with E-state index >= 15 is 0 Å². The van der Waals surface area contributed by atoms with Gasteiger partial charge in [-0.25, -0.2) is 4.98 Å². The van der Waals surface area contributed by atoms with Crippen LogP contribution in [0.4, 0.5) is 0 Å². The molecule has 0 aliphatic heterocycles. The molecule has 0 amide bonds. The first kappa shape index (κ1) is 25.2. The highest BCUT2D eigenvalue weighted by atomic mass is 35.5. The molecule has 7 heteroatoms. The molecule has 0 aromatic carbocycles. The van der Waals surface area contributed by atoms with Gasteiger partial charge in [-0.15, -0.1) is 16.7 Å². The maximum Gasteiger partial charge on any atom is 0.297 e. The van der Waals surface area contributed by atoms with Gasteiger partial charge in [-0.1, -0.05) is 76.8 Å². The first-order valence-electron chi connectivity index (χ1n) is 12.9. The Balaban J connectivity index is 1.56. The molecule has 1 N–H and O–H groups in total. The van der Waals surface area contributed by atoms with Crippen molar-refractivity contribution in [2.24, 2.45) is 17.8 Å². The molecule has 6 nitrogen and oxygen atoms in total. The summed E-state index contributed by atoms with van der Waals surface area (Å²) in [5, 5.41) is 11.3. The normalized spacial score (nSPS) is 22.1. The highest BCUT2D eigenvalue weighted by Crippen LogP contribution is 2.37. The molecule has 32 heavy (non-hydrogen) atoms. The van der Waals surface area contributed by atoms with E-state index in [2.05, 4.69) is 39.2 Å². The Morgan fingerprint density at radius 2 is 1.81 bits per heavy atom. The van der Waals surface area contributed by atoms with Crippen LogP contribution >= 0.6 is 11.6 Å². The maximum absolute atomic E-state index is 6.08. The number of nitrogens with zero attached hydrogens (tertiary/aromatic N) is 4. The van der Waals surface area contributed by atoms with Crippen molar-refractivity contribution in [3.8, 4) is 11.7 Å². The molecule has 0 bridgehead atoms. The van der Waals surface area contributed by atoms with Crippen LogP contribution in [0.2, 0.25) is 0 Å². The first-order chi connectivity index (χ1) is 15.6. The molecule has 0 radical (unpaired) electrons. The number of aromatic nitrogens is 5. The number of H-pyrrole nitrogens is 1. The fraction of sp³-hybridized carbons (Fsp3) is 0.840. The lowest BCUT2D eigenvalue weighted by Crippen LogP contribution is -2.16. The van der Waals surface area contributed by atoms with Crippen molar-refractivity contribution < 1.29 is 4.52 Å². The predicted octanol–water partition coefficient (Wildman–Crippen LogP) is 7.46. The molecular weight excluding hydrogens is 422 g/mol.